The number of nitrogens with one attached hydrogen (secondary N) is 1. The first-order valence-corrected chi connectivity index (χ1v) is 4.63. The van der Waals surface area contributed by atoms with Crippen molar-refractivity contribution in [2.24, 2.45) is 0 Å². The molecule has 0 saturated carbocycles. The first kappa shape index (κ1) is 9.65. The van der Waals surface area contributed by atoms with Crippen molar-refractivity contribution in [2.45, 2.75) is 6.92 Å². The number of halogens is 1. The van der Waals surface area contributed by atoms with Crippen LogP contribution in [0.2, 0.25) is 0 Å². The van der Waals surface area contributed by atoms with E-state index >= 15 is 0 Å². The highest BCUT2D eigenvalue weighted by Gasteiger charge is 2.03. The fraction of sp³-hybridized carbons (Fsp3) is 0.0833. The van der Waals surface area contributed by atoms with E-state index in [2.05, 4.69) is 4.98 Å². The number of aryl methyl sites for hydroxylation is 1. The summed E-state index contributed by atoms with van der Waals surface area (Å²) in [5.41, 5.74) is 2.10. The van der Waals surface area contributed by atoms with Gasteiger partial charge >= 0.3 is 0 Å². The number of pyridine rings is 1. The minimum Gasteiger partial charge on any atom is -0.322 e. The molecule has 1 heterocycles. The first-order chi connectivity index (χ1) is 7.16. The van der Waals surface area contributed by atoms with E-state index in [0.717, 1.165) is 5.56 Å². The molecule has 1 N–H and O–H groups in total. The van der Waals surface area contributed by atoms with Crippen LogP contribution in [0.15, 0.2) is 41.2 Å². The number of rotatable bonds is 1. The summed E-state index contributed by atoms with van der Waals surface area (Å²) < 4.78 is 13.0. The molecule has 0 fully saturated rings. The van der Waals surface area contributed by atoms with Gasteiger partial charge < -0.3 is 4.98 Å². The number of aromatic amines is 1. The summed E-state index contributed by atoms with van der Waals surface area (Å²) in [6.45, 7) is 1.88. The lowest BCUT2D eigenvalue weighted by Gasteiger charge is -2.05. The SMILES string of the molecule is Cc1ccc(F)cc1-c1cccc(=O)[nH]1. The molecular weight excluding hydrogens is 193 g/mol. The molecule has 0 spiro atoms. The Balaban J connectivity index is 2.63. The van der Waals surface area contributed by atoms with Gasteiger partial charge in [0.05, 0.1) is 0 Å². The largest absolute Gasteiger partial charge is 0.322 e. The Bertz CT molecular complexity index is 545. The van der Waals surface area contributed by atoms with Gasteiger partial charge in [-0.2, -0.15) is 0 Å². The van der Waals surface area contributed by atoms with Gasteiger partial charge in [0.25, 0.3) is 0 Å². The summed E-state index contributed by atoms with van der Waals surface area (Å²) in [6, 6.07) is 9.34. The normalized spacial score (nSPS) is 10.3. The summed E-state index contributed by atoms with van der Waals surface area (Å²) in [6.07, 6.45) is 0. The maximum Gasteiger partial charge on any atom is 0.248 e. The molecule has 0 radical (unpaired) electrons. The van der Waals surface area contributed by atoms with Crippen molar-refractivity contribution >= 4 is 0 Å². The van der Waals surface area contributed by atoms with Crippen molar-refractivity contribution in [3.8, 4) is 11.3 Å². The van der Waals surface area contributed by atoms with Crippen LogP contribution in [0.1, 0.15) is 5.56 Å². The smallest absolute Gasteiger partial charge is 0.248 e. The predicted octanol–water partition coefficient (Wildman–Crippen LogP) is 2.49. The molecule has 0 aliphatic heterocycles. The van der Waals surface area contributed by atoms with Gasteiger partial charge in [0.1, 0.15) is 5.82 Å². The molecule has 1 aromatic heterocycles. The summed E-state index contributed by atoms with van der Waals surface area (Å²) in [5.74, 6) is -0.305. The van der Waals surface area contributed by atoms with Crippen LogP contribution in [0, 0.1) is 12.7 Å². The lowest BCUT2D eigenvalue weighted by atomic mass is 10.1. The predicted molar refractivity (Wildman–Crippen MR) is 57.2 cm³/mol. The third kappa shape index (κ3) is 1.96. The Morgan fingerprint density at radius 1 is 1.20 bits per heavy atom. The molecule has 0 unspecified atom stereocenters. The third-order valence-electron chi connectivity index (χ3n) is 2.26. The van der Waals surface area contributed by atoms with E-state index in [1.54, 1.807) is 18.2 Å². The van der Waals surface area contributed by atoms with Crippen LogP contribution in [0.5, 0.6) is 0 Å². The summed E-state index contributed by atoms with van der Waals surface area (Å²) in [7, 11) is 0. The summed E-state index contributed by atoms with van der Waals surface area (Å²) >= 11 is 0. The van der Waals surface area contributed by atoms with E-state index in [-0.39, 0.29) is 11.4 Å². The third-order valence-corrected chi connectivity index (χ3v) is 2.26. The monoisotopic (exact) mass is 203 g/mol. The van der Waals surface area contributed by atoms with Crippen molar-refractivity contribution in [3.05, 3.63) is 58.1 Å². The molecule has 0 saturated heterocycles. The molecule has 0 atom stereocenters. The second-order valence-electron chi connectivity index (χ2n) is 3.39. The Hall–Kier alpha value is -1.90. The van der Waals surface area contributed by atoms with Crippen molar-refractivity contribution in [1.82, 2.24) is 4.98 Å². The highest BCUT2D eigenvalue weighted by molar-refractivity contribution is 5.63. The van der Waals surface area contributed by atoms with Crippen LogP contribution in [0.25, 0.3) is 11.3 Å². The van der Waals surface area contributed by atoms with Gasteiger partial charge in [-0.3, -0.25) is 4.79 Å². The standard InChI is InChI=1S/C12H10FNO/c1-8-5-6-9(13)7-10(8)11-3-2-4-12(15)14-11/h2-7H,1H3,(H,14,15). The molecule has 1 aromatic carbocycles. The summed E-state index contributed by atoms with van der Waals surface area (Å²) in [5, 5.41) is 0. The highest BCUT2D eigenvalue weighted by atomic mass is 19.1. The van der Waals surface area contributed by atoms with Crippen molar-refractivity contribution in [3.63, 3.8) is 0 Å². The molecule has 2 nitrogen and oxygen atoms in total. The number of H-pyrrole nitrogens is 1. The zero-order valence-corrected chi connectivity index (χ0v) is 8.25. The van der Waals surface area contributed by atoms with Crippen LogP contribution in [0.3, 0.4) is 0 Å². The summed E-state index contributed by atoms with van der Waals surface area (Å²) in [4.78, 5) is 13.8. The van der Waals surface area contributed by atoms with Gasteiger partial charge in [-0.05, 0) is 30.7 Å². The fourth-order valence-corrected chi connectivity index (χ4v) is 1.49. The lowest BCUT2D eigenvalue weighted by molar-refractivity contribution is 0.628. The van der Waals surface area contributed by atoms with Gasteiger partial charge in [0.15, 0.2) is 0 Å². The van der Waals surface area contributed by atoms with Gasteiger partial charge in [0.2, 0.25) is 5.56 Å². The quantitative estimate of drug-likeness (QED) is 0.758. The number of hydrogen-bond acceptors (Lipinski definition) is 1. The highest BCUT2D eigenvalue weighted by Crippen LogP contribution is 2.20. The van der Waals surface area contributed by atoms with E-state index in [1.165, 1.54) is 18.2 Å². The van der Waals surface area contributed by atoms with Crippen molar-refractivity contribution in [2.75, 3.05) is 0 Å². The maximum absolute atomic E-state index is 13.0. The minimum absolute atomic E-state index is 0.184. The average molecular weight is 203 g/mol. The molecule has 2 rings (SSSR count). The van der Waals surface area contributed by atoms with Crippen molar-refractivity contribution in [1.29, 1.82) is 0 Å². The van der Waals surface area contributed by atoms with Crippen LogP contribution in [0.4, 0.5) is 4.39 Å². The van der Waals surface area contributed by atoms with E-state index in [0.29, 0.717) is 11.3 Å². The van der Waals surface area contributed by atoms with E-state index < -0.39 is 0 Å². The molecular formula is C12H10FNO. The molecule has 0 bridgehead atoms. The maximum atomic E-state index is 13.0. The molecule has 76 valence electrons. The molecule has 0 aliphatic rings. The number of aromatic nitrogens is 1. The van der Waals surface area contributed by atoms with Crippen LogP contribution >= 0.6 is 0 Å². The Morgan fingerprint density at radius 3 is 2.73 bits per heavy atom. The van der Waals surface area contributed by atoms with Crippen LogP contribution < -0.4 is 5.56 Å². The van der Waals surface area contributed by atoms with Crippen LogP contribution in [-0.4, -0.2) is 4.98 Å². The minimum atomic E-state index is -0.305. The molecule has 0 aliphatic carbocycles. The average Bonchev–Trinajstić information content (AvgIpc) is 2.22. The second-order valence-corrected chi connectivity index (χ2v) is 3.39. The molecule has 0 amide bonds. The lowest BCUT2D eigenvalue weighted by Crippen LogP contribution is -2.04. The fourth-order valence-electron chi connectivity index (χ4n) is 1.49. The first-order valence-electron chi connectivity index (χ1n) is 4.63. The van der Waals surface area contributed by atoms with Gasteiger partial charge in [-0.15, -0.1) is 0 Å². The Labute approximate surface area is 86.4 Å². The molecule has 15 heavy (non-hydrogen) atoms. The number of hydrogen-bond donors (Lipinski definition) is 1. The second kappa shape index (κ2) is 3.69. The van der Waals surface area contributed by atoms with Gasteiger partial charge in [-0.1, -0.05) is 12.1 Å². The van der Waals surface area contributed by atoms with Crippen LogP contribution in [-0.2, 0) is 0 Å². The Morgan fingerprint density at radius 2 is 2.00 bits per heavy atom. The van der Waals surface area contributed by atoms with Gasteiger partial charge in [0, 0.05) is 17.3 Å². The van der Waals surface area contributed by atoms with E-state index in [9.17, 15) is 9.18 Å². The van der Waals surface area contributed by atoms with E-state index in [1.807, 2.05) is 6.92 Å². The topological polar surface area (TPSA) is 32.9 Å². The molecule has 3 heteroatoms. The van der Waals surface area contributed by atoms with E-state index in [4.69, 9.17) is 0 Å². The Kier molecular flexibility index (Phi) is 2.37. The zero-order chi connectivity index (χ0) is 10.8. The van der Waals surface area contributed by atoms with Gasteiger partial charge in [-0.25, -0.2) is 4.39 Å². The number of benzene rings is 1. The zero-order valence-electron chi connectivity index (χ0n) is 8.25. The molecule has 2 aromatic rings. The van der Waals surface area contributed by atoms with Crippen molar-refractivity contribution < 1.29 is 4.39 Å².